The lowest BCUT2D eigenvalue weighted by molar-refractivity contribution is -0.150. The largest absolute Gasteiger partial charge is 0.332 e. The van der Waals surface area contributed by atoms with Gasteiger partial charge in [-0.05, 0) is 49.3 Å². The third-order valence-corrected chi connectivity index (χ3v) is 9.03. The third kappa shape index (κ3) is 3.86. The van der Waals surface area contributed by atoms with Crippen molar-refractivity contribution in [1.29, 1.82) is 0 Å². The Morgan fingerprint density at radius 1 is 0.966 bits per heavy atom. The van der Waals surface area contributed by atoms with Crippen LogP contribution >= 0.6 is 0 Å². The van der Waals surface area contributed by atoms with Gasteiger partial charge in [-0.1, -0.05) is 58.1 Å². The number of amides is 1. The number of benzene rings is 1. The molecule has 1 saturated heterocycles. The van der Waals surface area contributed by atoms with Gasteiger partial charge in [-0.25, -0.2) is 8.42 Å². The van der Waals surface area contributed by atoms with Crippen molar-refractivity contribution in [3.05, 3.63) is 29.8 Å². The minimum Gasteiger partial charge on any atom is -0.332 e. The zero-order chi connectivity index (χ0) is 20.6. The fraction of sp³-hybridized carbons (Fsp3) is 0.696. The lowest BCUT2D eigenvalue weighted by Gasteiger charge is -2.54. The van der Waals surface area contributed by atoms with E-state index in [0.717, 1.165) is 44.1 Å². The number of carbonyl (C=O) groups excluding carboxylic acids is 1. The molecule has 3 fully saturated rings. The van der Waals surface area contributed by atoms with Gasteiger partial charge in [0.15, 0.2) is 0 Å². The Balaban J connectivity index is 1.64. The molecule has 0 radical (unpaired) electrons. The van der Waals surface area contributed by atoms with E-state index in [9.17, 15) is 13.2 Å². The molecule has 0 N–H and O–H groups in total. The molecular weight excluding hydrogens is 384 g/mol. The summed E-state index contributed by atoms with van der Waals surface area (Å²) in [6, 6.07) is 7.49. The minimum atomic E-state index is -3.67. The monoisotopic (exact) mass is 418 g/mol. The number of hydrogen-bond acceptors (Lipinski definition) is 3. The van der Waals surface area contributed by atoms with Crippen molar-refractivity contribution in [2.75, 3.05) is 13.1 Å². The van der Waals surface area contributed by atoms with Crippen LogP contribution in [-0.4, -0.2) is 48.2 Å². The number of piperazine rings is 1. The smallest absolute Gasteiger partial charge is 0.243 e. The standard InChI is InChI=1S/C23H34N2O3S/c1-18(2)19-10-12-21(13-11-19)29(27,28)24-16-22(26)25(20-8-4-5-9-20)23(17-24)14-6-3-7-15-23/h10-13,18,20H,3-9,14-17H2,1-2H3. The van der Waals surface area contributed by atoms with Gasteiger partial charge in [-0.3, -0.25) is 4.79 Å². The molecule has 1 aromatic carbocycles. The highest BCUT2D eigenvalue weighted by atomic mass is 32.2. The SMILES string of the molecule is CC(C)c1ccc(S(=O)(=O)N2CC(=O)N(C3CCCC3)C3(CCCCC3)C2)cc1. The molecule has 0 aromatic heterocycles. The lowest BCUT2D eigenvalue weighted by atomic mass is 9.78. The first-order valence-corrected chi connectivity index (χ1v) is 12.7. The molecule has 0 atom stereocenters. The van der Waals surface area contributed by atoms with Crippen molar-refractivity contribution < 1.29 is 13.2 Å². The van der Waals surface area contributed by atoms with Crippen molar-refractivity contribution in [1.82, 2.24) is 9.21 Å². The van der Waals surface area contributed by atoms with Crippen LogP contribution in [0.3, 0.4) is 0 Å². The first-order chi connectivity index (χ1) is 13.8. The van der Waals surface area contributed by atoms with E-state index >= 15 is 0 Å². The van der Waals surface area contributed by atoms with Crippen LogP contribution in [0.2, 0.25) is 0 Å². The molecule has 4 rings (SSSR count). The molecule has 1 spiro atoms. The summed E-state index contributed by atoms with van der Waals surface area (Å²) in [5.74, 6) is 0.362. The fourth-order valence-electron chi connectivity index (χ4n) is 5.66. The second-order valence-corrected chi connectivity index (χ2v) is 11.4. The molecule has 2 saturated carbocycles. The molecule has 1 aliphatic heterocycles. The molecular formula is C23H34N2O3S. The third-order valence-electron chi connectivity index (χ3n) is 7.22. The van der Waals surface area contributed by atoms with Crippen LogP contribution in [0.4, 0.5) is 0 Å². The van der Waals surface area contributed by atoms with E-state index < -0.39 is 10.0 Å². The second kappa shape index (κ2) is 8.03. The summed E-state index contributed by atoms with van der Waals surface area (Å²) in [7, 11) is -3.67. The van der Waals surface area contributed by atoms with Gasteiger partial charge in [0.2, 0.25) is 15.9 Å². The van der Waals surface area contributed by atoms with Crippen molar-refractivity contribution in [2.45, 2.75) is 94.0 Å². The summed E-state index contributed by atoms with van der Waals surface area (Å²) >= 11 is 0. The summed E-state index contributed by atoms with van der Waals surface area (Å²) in [6.07, 6.45) is 9.66. The van der Waals surface area contributed by atoms with Gasteiger partial charge in [0.05, 0.1) is 17.0 Å². The zero-order valence-electron chi connectivity index (χ0n) is 17.8. The quantitative estimate of drug-likeness (QED) is 0.733. The van der Waals surface area contributed by atoms with Crippen LogP contribution in [0, 0.1) is 0 Å². The molecule has 1 aromatic rings. The maximum absolute atomic E-state index is 13.4. The Labute approximate surface area is 175 Å². The number of rotatable bonds is 4. The van der Waals surface area contributed by atoms with Crippen LogP contribution < -0.4 is 0 Å². The molecule has 0 bridgehead atoms. The van der Waals surface area contributed by atoms with E-state index in [2.05, 4.69) is 18.7 Å². The van der Waals surface area contributed by atoms with E-state index in [-0.39, 0.29) is 18.0 Å². The van der Waals surface area contributed by atoms with Crippen LogP contribution in [0.1, 0.15) is 83.1 Å². The highest BCUT2D eigenvalue weighted by Crippen LogP contribution is 2.42. The van der Waals surface area contributed by atoms with Gasteiger partial charge in [0.1, 0.15) is 0 Å². The molecule has 1 amide bonds. The maximum Gasteiger partial charge on any atom is 0.243 e. The van der Waals surface area contributed by atoms with Gasteiger partial charge in [0, 0.05) is 12.6 Å². The van der Waals surface area contributed by atoms with Crippen molar-refractivity contribution in [3.8, 4) is 0 Å². The van der Waals surface area contributed by atoms with Crippen molar-refractivity contribution in [3.63, 3.8) is 0 Å². The van der Waals surface area contributed by atoms with Crippen LogP contribution in [0.15, 0.2) is 29.2 Å². The van der Waals surface area contributed by atoms with Crippen LogP contribution in [-0.2, 0) is 14.8 Å². The topological polar surface area (TPSA) is 57.7 Å². The molecule has 1 heterocycles. The molecule has 160 valence electrons. The van der Waals surface area contributed by atoms with E-state index in [4.69, 9.17) is 0 Å². The summed E-state index contributed by atoms with van der Waals surface area (Å²) in [5.41, 5.74) is 0.808. The Kier molecular flexibility index (Phi) is 5.77. The van der Waals surface area contributed by atoms with E-state index in [1.807, 2.05) is 12.1 Å². The molecule has 0 unspecified atom stereocenters. The number of sulfonamides is 1. The van der Waals surface area contributed by atoms with Gasteiger partial charge >= 0.3 is 0 Å². The van der Waals surface area contributed by atoms with Gasteiger partial charge < -0.3 is 4.90 Å². The van der Waals surface area contributed by atoms with Crippen molar-refractivity contribution in [2.24, 2.45) is 0 Å². The predicted molar refractivity (Wildman–Crippen MR) is 114 cm³/mol. The fourth-order valence-corrected chi connectivity index (χ4v) is 7.13. The van der Waals surface area contributed by atoms with E-state index in [0.29, 0.717) is 23.4 Å². The Morgan fingerprint density at radius 2 is 1.59 bits per heavy atom. The van der Waals surface area contributed by atoms with Gasteiger partial charge in [-0.15, -0.1) is 0 Å². The first-order valence-electron chi connectivity index (χ1n) is 11.3. The minimum absolute atomic E-state index is 0.00688. The maximum atomic E-state index is 13.4. The normalized spacial score (nSPS) is 24.0. The van der Waals surface area contributed by atoms with Crippen molar-refractivity contribution >= 4 is 15.9 Å². The molecule has 3 aliphatic rings. The number of nitrogens with zero attached hydrogens (tertiary/aromatic N) is 2. The average Bonchev–Trinajstić information content (AvgIpc) is 3.22. The van der Waals surface area contributed by atoms with Gasteiger partial charge in [0.25, 0.3) is 0 Å². The highest BCUT2D eigenvalue weighted by molar-refractivity contribution is 7.89. The zero-order valence-corrected chi connectivity index (χ0v) is 18.6. The Hall–Kier alpha value is -1.40. The van der Waals surface area contributed by atoms with E-state index in [1.165, 1.54) is 23.6 Å². The summed E-state index contributed by atoms with van der Waals surface area (Å²) in [5, 5.41) is 0. The summed E-state index contributed by atoms with van der Waals surface area (Å²) in [4.78, 5) is 15.8. The lowest BCUT2D eigenvalue weighted by Crippen LogP contribution is -2.68. The summed E-state index contributed by atoms with van der Waals surface area (Å²) < 4.78 is 28.3. The Bertz CT molecular complexity index is 835. The van der Waals surface area contributed by atoms with Crippen LogP contribution in [0.5, 0.6) is 0 Å². The number of carbonyl (C=O) groups is 1. The summed E-state index contributed by atoms with van der Waals surface area (Å²) in [6.45, 7) is 4.62. The predicted octanol–water partition coefficient (Wildman–Crippen LogP) is 4.29. The number of hydrogen-bond donors (Lipinski definition) is 0. The molecule has 29 heavy (non-hydrogen) atoms. The Morgan fingerprint density at radius 3 is 2.17 bits per heavy atom. The second-order valence-electron chi connectivity index (χ2n) is 9.48. The first kappa shape index (κ1) is 20.9. The van der Waals surface area contributed by atoms with Crippen LogP contribution in [0.25, 0.3) is 0 Å². The van der Waals surface area contributed by atoms with E-state index in [1.54, 1.807) is 12.1 Å². The molecule has 6 heteroatoms. The van der Waals surface area contributed by atoms with Gasteiger partial charge in [-0.2, -0.15) is 4.31 Å². The molecule has 5 nitrogen and oxygen atoms in total. The highest BCUT2D eigenvalue weighted by Gasteiger charge is 2.51. The average molecular weight is 419 g/mol. The molecule has 2 aliphatic carbocycles.